The summed E-state index contributed by atoms with van der Waals surface area (Å²) in [6, 6.07) is 41.5. The predicted molar refractivity (Wildman–Crippen MR) is 142 cm³/mol. The van der Waals surface area contributed by atoms with Crippen LogP contribution >= 0.6 is 23.4 Å². The number of fused-ring (bicyclic) bond motifs is 2. The van der Waals surface area contributed by atoms with Crippen LogP contribution in [0.25, 0.3) is 11.1 Å². The van der Waals surface area contributed by atoms with E-state index in [1.165, 1.54) is 0 Å². The van der Waals surface area contributed by atoms with Crippen LogP contribution in [0.2, 0.25) is 5.02 Å². The van der Waals surface area contributed by atoms with Crippen LogP contribution in [0.4, 0.5) is 17.1 Å². The second-order valence-corrected chi connectivity index (χ2v) is 9.47. The van der Waals surface area contributed by atoms with E-state index in [0.29, 0.717) is 5.02 Å². The molecule has 164 valence electrons. The third-order valence-electron chi connectivity index (χ3n) is 5.76. The summed E-state index contributed by atoms with van der Waals surface area (Å²) in [4.78, 5) is 4.40. The zero-order valence-electron chi connectivity index (χ0n) is 18.2. The van der Waals surface area contributed by atoms with E-state index in [2.05, 4.69) is 89.8 Å². The Morgan fingerprint density at radius 1 is 0.588 bits per heavy atom. The molecule has 34 heavy (non-hydrogen) atoms. The van der Waals surface area contributed by atoms with Crippen molar-refractivity contribution in [2.24, 2.45) is 0 Å². The number of anilines is 3. The zero-order valence-corrected chi connectivity index (χ0v) is 19.8. The fourth-order valence-corrected chi connectivity index (χ4v) is 5.58. The molecule has 0 aromatic heterocycles. The second-order valence-electron chi connectivity index (χ2n) is 7.98. The van der Waals surface area contributed by atoms with Gasteiger partial charge in [-0.25, -0.2) is 0 Å². The molecule has 1 heterocycles. The van der Waals surface area contributed by atoms with Crippen molar-refractivity contribution >= 4 is 40.4 Å². The SMILES string of the molecule is Clc1ccc2c(c1)Sc1c(cccc1-c1cccc(N(c3ccccc3)c3ccccc3)c1)O2. The Kier molecular flexibility index (Phi) is 5.50. The highest BCUT2D eigenvalue weighted by Gasteiger charge is 2.22. The van der Waals surface area contributed by atoms with Crippen LogP contribution in [0, 0.1) is 0 Å². The van der Waals surface area contributed by atoms with E-state index in [1.54, 1.807) is 11.8 Å². The van der Waals surface area contributed by atoms with Crippen LogP contribution in [-0.2, 0) is 0 Å². The van der Waals surface area contributed by atoms with Crippen molar-refractivity contribution in [2.45, 2.75) is 9.79 Å². The Bertz CT molecular complexity index is 1430. The van der Waals surface area contributed by atoms with Crippen molar-refractivity contribution < 1.29 is 4.74 Å². The van der Waals surface area contributed by atoms with Gasteiger partial charge in [-0.2, -0.15) is 0 Å². The zero-order chi connectivity index (χ0) is 22.9. The minimum atomic E-state index is 0.708. The number of benzene rings is 5. The van der Waals surface area contributed by atoms with Crippen LogP contribution in [0.1, 0.15) is 0 Å². The molecule has 4 heteroatoms. The smallest absolute Gasteiger partial charge is 0.142 e. The van der Waals surface area contributed by atoms with E-state index in [1.807, 2.05) is 36.4 Å². The van der Waals surface area contributed by atoms with Crippen LogP contribution < -0.4 is 9.64 Å². The first-order chi connectivity index (χ1) is 16.8. The average molecular weight is 478 g/mol. The lowest BCUT2D eigenvalue weighted by molar-refractivity contribution is 0.455. The van der Waals surface area contributed by atoms with E-state index in [0.717, 1.165) is 49.5 Å². The van der Waals surface area contributed by atoms with Crippen LogP contribution in [-0.4, -0.2) is 0 Å². The van der Waals surface area contributed by atoms with Crippen molar-refractivity contribution in [3.63, 3.8) is 0 Å². The molecule has 0 spiro atoms. The van der Waals surface area contributed by atoms with Gasteiger partial charge in [-0.05, 0) is 71.8 Å². The van der Waals surface area contributed by atoms with Crippen molar-refractivity contribution in [2.75, 3.05) is 4.90 Å². The first-order valence-electron chi connectivity index (χ1n) is 11.1. The van der Waals surface area contributed by atoms with E-state index in [4.69, 9.17) is 16.3 Å². The van der Waals surface area contributed by atoms with Gasteiger partial charge in [-0.3, -0.25) is 0 Å². The minimum Gasteiger partial charge on any atom is -0.455 e. The molecule has 0 fully saturated rings. The van der Waals surface area contributed by atoms with Gasteiger partial charge in [0.25, 0.3) is 0 Å². The predicted octanol–water partition coefficient (Wildman–Crippen LogP) is 9.73. The molecule has 0 unspecified atom stereocenters. The summed E-state index contributed by atoms with van der Waals surface area (Å²) >= 11 is 7.96. The average Bonchev–Trinajstić information content (AvgIpc) is 2.89. The van der Waals surface area contributed by atoms with E-state index < -0.39 is 0 Å². The second kappa shape index (κ2) is 8.94. The Hall–Kier alpha value is -3.66. The quantitative estimate of drug-likeness (QED) is 0.250. The first-order valence-corrected chi connectivity index (χ1v) is 12.2. The van der Waals surface area contributed by atoms with E-state index in [-0.39, 0.29) is 0 Å². The Morgan fingerprint density at radius 3 is 2.00 bits per heavy atom. The van der Waals surface area contributed by atoms with Gasteiger partial charge < -0.3 is 9.64 Å². The summed E-state index contributed by atoms with van der Waals surface area (Å²) in [5, 5.41) is 0.708. The summed E-state index contributed by atoms with van der Waals surface area (Å²) in [6.07, 6.45) is 0. The Labute approximate surface area is 208 Å². The highest BCUT2D eigenvalue weighted by Crippen LogP contribution is 2.51. The summed E-state index contributed by atoms with van der Waals surface area (Å²) in [5.74, 6) is 1.71. The molecule has 0 aliphatic carbocycles. The molecule has 0 bridgehead atoms. The summed E-state index contributed by atoms with van der Waals surface area (Å²) < 4.78 is 6.22. The van der Waals surface area contributed by atoms with Crippen molar-refractivity contribution in [1.82, 2.24) is 0 Å². The van der Waals surface area contributed by atoms with E-state index in [9.17, 15) is 0 Å². The minimum absolute atomic E-state index is 0.708. The number of rotatable bonds is 4. The van der Waals surface area contributed by atoms with Gasteiger partial charge in [0.05, 0.1) is 9.79 Å². The highest BCUT2D eigenvalue weighted by atomic mass is 35.5. The maximum atomic E-state index is 6.26. The van der Waals surface area contributed by atoms with Gasteiger partial charge in [0.15, 0.2) is 0 Å². The third-order valence-corrected chi connectivity index (χ3v) is 7.16. The molecule has 0 atom stereocenters. The standard InChI is InChI=1S/C30H20ClNOS/c31-22-17-18-27-29(20-22)34-30-26(15-8-16-28(30)33-27)21-9-7-14-25(19-21)32(23-10-3-1-4-11-23)24-12-5-2-6-13-24/h1-20H. The van der Waals surface area contributed by atoms with Gasteiger partial charge in [-0.1, -0.05) is 84.0 Å². The third kappa shape index (κ3) is 3.94. The largest absolute Gasteiger partial charge is 0.455 e. The Morgan fingerprint density at radius 2 is 1.26 bits per heavy atom. The molecule has 0 amide bonds. The van der Waals surface area contributed by atoms with Crippen molar-refractivity contribution in [3.05, 3.63) is 126 Å². The molecule has 5 aromatic rings. The van der Waals surface area contributed by atoms with Crippen LogP contribution in [0.5, 0.6) is 11.5 Å². The summed E-state index contributed by atoms with van der Waals surface area (Å²) in [7, 11) is 0. The molecular weight excluding hydrogens is 458 g/mol. The lowest BCUT2D eigenvalue weighted by Gasteiger charge is -2.26. The lowest BCUT2D eigenvalue weighted by atomic mass is 10.0. The van der Waals surface area contributed by atoms with Crippen molar-refractivity contribution in [3.8, 4) is 22.6 Å². The molecule has 6 rings (SSSR count). The Balaban J connectivity index is 1.45. The molecule has 1 aliphatic rings. The molecule has 0 N–H and O–H groups in total. The monoisotopic (exact) mass is 477 g/mol. The van der Waals surface area contributed by atoms with Crippen molar-refractivity contribution in [1.29, 1.82) is 0 Å². The van der Waals surface area contributed by atoms with Gasteiger partial charge >= 0.3 is 0 Å². The van der Waals surface area contributed by atoms with Crippen LogP contribution in [0.3, 0.4) is 0 Å². The maximum Gasteiger partial charge on any atom is 0.142 e. The molecule has 5 aromatic carbocycles. The number of halogens is 1. The summed E-state index contributed by atoms with van der Waals surface area (Å²) in [5.41, 5.74) is 5.59. The number of nitrogens with zero attached hydrogens (tertiary/aromatic N) is 1. The van der Waals surface area contributed by atoms with Crippen LogP contribution in [0.15, 0.2) is 131 Å². The molecule has 0 saturated carbocycles. The summed E-state index contributed by atoms with van der Waals surface area (Å²) in [6.45, 7) is 0. The topological polar surface area (TPSA) is 12.5 Å². The number of para-hydroxylation sites is 2. The molecular formula is C30H20ClNOS. The number of hydrogen-bond donors (Lipinski definition) is 0. The first kappa shape index (κ1) is 20.9. The fraction of sp³-hybridized carbons (Fsp3) is 0. The van der Waals surface area contributed by atoms with Gasteiger partial charge in [0.1, 0.15) is 11.5 Å². The van der Waals surface area contributed by atoms with Gasteiger partial charge in [-0.15, -0.1) is 0 Å². The molecule has 1 aliphatic heterocycles. The van der Waals surface area contributed by atoms with Gasteiger partial charge in [0.2, 0.25) is 0 Å². The maximum absolute atomic E-state index is 6.26. The van der Waals surface area contributed by atoms with E-state index >= 15 is 0 Å². The fourth-order valence-electron chi connectivity index (χ4n) is 4.22. The molecule has 0 radical (unpaired) electrons. The normalized spacial score (nSPS) is 11.8. The number of hydrogen-bond acceptors (Lipinski definition) is 3. The number of ether oxygens (including phenoxy) is 1. The lowest BCUT2D eigenvalue weighted by Crippen LogP contribution is -2.09. The molecule has 0 saturated heterocycles. The highest BCUT2D eigenvalue weighted by molar-refractivity contribution is 7.99. The molecule has 2 nitrogen and oxygen atoms in total. The van der Waals surface area contributed by atoms with Gasteiger partial charge in [0, 0.05) is 22.1 Å².